The first-order valence-electron chi connectivity index (χ1n) is 8.92. The van der Waals surface area contributed by atoms with Gasteiger partial charge in [0, 0.05) is 25.1 Å². The molecule has 0 aliphatic rings. The van der Waals surface area contributed by atoms with Crippen LogP contribution in [-0.2, 0) is 17.8 Å². The Hall–Kier alpha value is -3.18. The average molecular weight is 359 g/mol. The highest BCUT2D eigenvalue weighted by Gasteiger charge is 2.03. The van der Waals surface area contributed by atoms with Gasteiger partial charge in [0.15, 0.2) is 5.65 Å². The molecule has 0 spiro atoms. The quantitative estimate of drug-likeness (QED) is 0.497. The van der Waals surface area contributed by atoms with Crippen LogP contribution in [-0.4, -0.2) is 28.3 Å². The number of fused-ring (bicyclic) bond motifs is 1. The van der Waals surface area contributed by atoms with Crippen molar-refractivity contribution in [3.05, 3.63) is 84.2 Å². The largest absolute Gasteiger partial charge is 0.489 e. The number of benzene rings is 2. The second-order valence-electron chi connectivity index (χ2n) is 6.32. The molecule has 0 aliphatic heterocycles. The molecule has 0 N–H and O–H groups in total. The van der Waals surface area contributed by atoms with E-state index in [2.05, 4.69) is 46.5 Å². The Labute approximate surface area is 158 Å². The molecule has 136 valence electrons. The molecule has 0 saturated carbocycles. The molecule has 0 radical (unpaired) electrons. The lowest BCUT2D eigenvalue weighted by Gasteiger charge is -2.08. The third-order valence-electron chi connectivity index (χ3n) is 4.43. The van der Waals surface area contributed by atoms with Crippen molar-refractivity contribution in [1.29, 1.82) is 0 Å². The molecule has 0 fully saturated rings. The maximum absolute atomic E-state index is 5.89. The van der Waals surface area contributed by atoms with Crippen molar-refractivity contribution in [2.24, 2.45) is 0 Å². The molecule has 4 rings (SSSR count). The summed E-state index contributed by atoms with van der Waals surface area (Å²) in [6, 6.07) is 20.4. The molecule has 2 aromatic carbocycles. The van der Waals surface area contributed by atoms with Gasteiger partial charge in [-0.2, -0.15) is 5.10 Å². The summed E-state index contributed by atoms with van der Waals surface area (Å²) in [4.78, 5) is 4.22. The van der Waals surface area contributed by atoms with Crippen molar-refractivity contribution in [1.82, 2.24) is 14.6 Å². The molecular formula is C22H21N3O2. The van der Waals surface area contributed by atoms with Crippen LogP contribution in [0.4, 0.5) is 0 Å². The molecule has 5 heteroatoms. The Balaban J connectivity index is 1.39. The van der Waals surface area contributed by atoms with E-state index in [1.807, 2.05) is 30.5 Å². The highest BCUT2D eigenvalue weighted by Crippen LogP contribution is 2.19. The van der Waals surface area contributed by atoms with Gasteiger partial charge >= 0.3 is 0 Å². The Morgan fingerprint density at radius 3 is 2.44 bits per heavy atom. The fraction of sp³-hybridized carbons (Fsp3) is 0.182. The molecular weight excluding hydrogens is 338 g/mol. The maximum Gasteiger partial charge on any atom is 0.153 e. The molecule has 0 aliphatic carbocycles. The van der Waals surface area contributed by atoms with E-state index >= 15 is 0 Å². The Bertz CT molecular complexity index is 1010. The summed E-state index contributed by atoms with van der Waals surface area (Å²) in [5.74, 6) is 0.868. The monoisotopic (exact) mass is 359 g/mol. The smallest absolute Gasteiger partial charge is 0.153 e. The summed E-state index contributed by atoms with van der Waals surface area (Å²) in [7, 11) is 1.72. The van der Waals surface area contributed by atoms with Gasteiger partial charge in [-0.15, -0.1) is 0 Å². The van der Waals surface area contributed by atoms with Crippen LogP contribution in [0.25, 0.3) is 16.9 Å². The molecule has 2 heterocycles. The van der Waals surface area contributed by atoms with Crippen molar-refractivity contribution in [3.63, 3.8) is 0 Å². The van der Waals surface area contributed by atoms with E-state index in [1.54, 1.807) is 17.8 Å². The van der Waals surface area contributed by atoms with Crippen LogP contribution in [0.15, 0.2) is 73.1 Å². The topological polar surface area (TPSA) is 48.7 Å². The van der Waals surface area contributed by atoms with Crippen LogP contribution < -0.4 is 4.74 Å². The molecule has 5 nitrogen and oxygen atoms in total. The fourth-order valence-corrected chi connectivity index (χ4v) is 2.88. The van der Waals surface area contributed by atoms with Gasteiger partial charge < -0.3 is 9.47 Å². The lowest BCUT2D eigenvalue weighted by Crippen LogP contribution is -1.97. The van der Waals surface area contributed by atoms with Crippen LogP contribution in [0.1, 0.15) is 11.1 Å². The highest BCUT2D eigenvalue weighted by atomic mass is 16.5. The number of aromatic nitrogens is 3. The van der Waals surface area contributed by atoms with E-state index < -0.39 is 0 Å². The van der Waals surface area contributed by atoms with Crippen molar-refractivity contribution < 1.29 is 9.47 Å². The minimum absolute atomic E-state index is 0.533. The zero-order valence-corrected chi connectivity index (χ0v) is 15.2. The van der Waals surface area contributed by atoms with E-state index in [1.165, 1.54) is 5.56 Å². The fourth-order valence-electron chi connectivity index (χ4n) is 2.88. The molecule has 4 aromatic rings. The predicted molar refractivity (Wildman–Crippen MR) is 105 cm³/mol. The minimum atomic E-state index is 0.533. The standard InChI is InChI=1S/C22H21N3O2/c1-26-15-12-17-4-8-20(9-5-17)27-16-18-2-6-19(7-3-18)21-10-11-22-23-13-14-25(22)24-21/h2-11,13-14H,12,15-16H2,1H3. The number of nitrogens with zero attached hydrogens (tertiary/aromatic N) is 3. The molecule has 0 amide bonds. The van der Waals surface area contributed by atoms with Crippen LogP contribution >= 0.6 is 0 Å². The summed E-state index contributed by atoms with van der Waals surface area (Å²) in [6.07, 6.45) is 4.51. The normalized spacial score (nSPS) is 11.0. The Kier molecular flexibility index (Phi) is 5.12. The van der Waals surface area contributed by atoms with Gasteiger partial charge in [0.25, 0.3) is 0 Å². The number of ether oxygens (including phenoxy) is 2. The van der Waals surface area contributed by atoms with E-state index in [0.717, 1.165) is 41.2 Å². The molecule has 0 unspecified atom stereocenters. The zero-order chi connectivity index (χ0) is 18.5. The SMILES string of the molecule is COCCc1ccc(OCc2ccc(-c3ccc4nccn4n3)cc2)cc1. The van der Waals surface area contributed by atoms with Crippen molar-refractivity contribution in [3.8, 4) is 17.0 Å². The summed E-state index contributed by atoms with van der Waals surface area (Å²) in [6.45, 7) is 1.26. The predicted octanol–water partition coefficient (Wildman–Crippen LogP) is 4.16. The number of rotatable bonds is 7. The van der Waals surface area contributed by atoms with Crippen molar-refractivity contribution >= 4 is 5.65 Å². The third kappa shape index (κ3) is 4.15. The van der Waals surface area contributed by atoms with E-state index in [-0.39, 0.29) is 0 Å². The lowest BCUT2D eigenvalue weighted by atomic mass is 10.1. The average Bonchev–Trinajstić information content (AvgIpc) is 3.20. The van der Waals surface area contributed by atoms with Crippen LogP contribution in [0.2, 0.25) is 0 Å². The molecule has 0 saturated heterocycles. The van der Waals surface area contributed by atoms with Gasteiger partial charge in [0.2, 0.25) is 0 Å². The molecule has 0 atom stereocenters. The number of imidazole rings is 1. The Morgan fingerprint density at radius 2 is 1.67 bits per heavy atom. The number of methoxy groups -OCH3 is 1. The summed E-state index contributed by atoms with van der Waals surface area (Å²) in [5.41, 5.74) is 5.19. The van der Waals surface area contributed by atoms with E-state index in [0.29, 0.717) is 6.61 Å². The van der Waals surface area contributed by atoms with Gasteiger partial charge in [0.1, 0.15) is 12.4 Å². The number of hydrogen-bond acceptors (Lipinski definition) is 4. The second kappa shape index (κ2) is 8.01. The van der Waals surface area contributed by atoms with Gasteiger partial charge in [0.05, 0.1) is 12.3 Å². The van der Waals surface area contributed by atoms with Gasteiger partial charge in [-0.3, -0.25) is 0 Å². The summed E-state index contributed by atoms with van der Waals surface area (Å²) >= 11 is 0. The summed E-state index contributed by atoms with van der Waals surface area (Å²) in [5, 5.41) is 4.57. The van der Waals surface area contributed by atoms with Gasteiger partial charge in [-0.05, 0) is 41.8 Å². The third-order valence-corrected chi connectivity index (χ3v) is 4.43. The molecule has 0 bridgehead atoms. The van der Waals surface area contributed by atoms with Crippen LogP contribution in [0.3, 0.4) is 0 Å². The van der Waals surface area contributed by atoms with Crippen LogP contribution in [0, 0.1) is 0 Å². The summed E-state index contributed by atoms with van der Waals surface area (Å²) < 4.78 is 12.8. The van der Waals surface area contributed by atoms with Crippen molar-refractivity contribution in [2.75, 3.05) is 13.7 Å². The minimum Gasteiger partial charge on any atom is -0.489 e. The van der Waals surface area contributed by atoms with Crippen LogP contribution in [0.5, 0.6) is 5.75 Å². The van der Waals surface area contributed by atoms with E-state index in [9.17, 15) is 0 Å². The molecule has 27 heavy (non-hydrogen) atoms. The first-order valence-corrected chi connectivity index (χ1v) is 8.92. The number of hydrogen-bond donors (Lipinski definition) is 0. The lowest BCUT2D eigenvalue weighted by molar-refractivity contribution is 0.202. The Morgan fingerprint density at radius 1 is 0.889 bits per heavy atom. The first kappa shape index (κ1) is 17.2. The molecule has 2 aromatic heterocycles. The second-order valence-corrected chi connectivity index (χ2v) is 6.32. The maximum atomic E-state index is 5.89. The van der Waals surface area contributed by atoms with E-state index in [4.69, 9.17) is 9.47 Å². The zero-order valence-electron chi connectivity index (χ0n) is 15.2. The van der Waals surface area contributed by atoms with Gasteiger partial charge in [-0.25, -0.2) is 9.50 Å². The van der Waals surface area contributed by atoms with Crippen molar-refractivity contribution in [2.45, 2.75) is 13.0 Å². The first-order chi connectivity index (χ1) is 13.3. The highest BCUT2D eigenvalue weighted by molar-refractivity contribution is 5.60. The van der Waals surface area contributed by atoms with Gasteiger partial charge in [-0.1, -0.05) is 36.4 Å².